The van der Waals surface area contributed by atoms with Gasteiger partial charge in [-0.2, -0.15) is 0 Å². The minimum atomic E-state index is 0.621. The van der Waals surface area contributed by atoms with Crippen LogP contribution in [0.3, 0.4) is 0 Å². The topological polar surface area (TPSA) is 15.3 Å². The van der Waals surface area contributed by atoms with E-state index in [9.17, 15) is 0 Å². The summed E-state index contributed by atoms with van der Waals surface area (Å²) in [5.74, 6) is 0.759. The smallest absolute Gasteiger partial charge is 0.0484 e. The lowest BCUT2D eigenvalue weighted by atomic mass is 9.87. The molecule has 0 aliphatic carbocycles. The predicted octanol–water partition coefficient (Wildman–Crippen LogP) is 3.13. The third-order valence-electron chi connectivity index (χ3n) is 3.76. The summed E-state index contributed by atoms with van der Waals surface area (Å²) in [6.45, 7) is 7.02. The highest BCUT2D eigenvalue weighted by Crippen LogP contribution is 2.38. The second kappa shape index (κ2) is 5.98. The lowest BCUT2D eigenvalue weighted by Crippen LogP contribution is -2.45. The van der Waals surface area contributed by atoms with Crippen LogP contribution >= 0.6 is 11.3 Å². The first-order valence-electron chi connectivity index (χ1n) is 6.67. The summed E-state index contributed by atoms with van der Waals surface area (Å²) in [5.41, 5.74) is 0. The summed E-state index contributed by atoms with van der Waals surface area (Å²) in [4.78, 5) is 4.22. The molecule has 1 N–H and O–H groups in total. The van der Waals surface area contributed by atoms with Gasteiger partial charge in [0.25, 0.3) is 0 Å². The van der Waals surface area contributed by atoms with Crippen LogP contribution in [0.25, 0.3) is 0 Å². The van der Waals surface area contributed by atoms with E-state index in [0.29, 0.717) is 12.1 Å². The molecular weight excluding hydrogens is 228 g/mol. The molecule has 96 valence electrons. The predicted molar refractivity (Wildman–Crippen MR) is 75.6 cm³/mol. The van der Waals surface area contributed by atoms with Crippen molar-refractivity contribution in [2.45, 2.75) is 38.8 Å². The fraction of sp³-hybridized carbons (Fsp3) is 0.714. The van der Waals surface area contributed by atoms with Crippen LogP contribution in [0.5, 0.6) is 0 Å². The molecule has 0 bridgehead atoms. The Bertz CT molecular complexity index is 319. The third-order valence-corrected chi connectivity index (χ3v) is 4.70. The van der Waals surface area contributed by atoms with Crippen molar-refractivity contribution in [1.82, 2.24) is 10.2 Å². The zero-order valence-electron chi connectivity index (χ0n) is 11.1. The van der Waals surface area contributed by atoms with Crippen LogP contribution in [-0.2, 0) is 0 Å². The highest BCUT2D eigenvalue weighted by atomic mass is 32.1. The van der Waals surface area contributed by atoms with E-state index in [1.165, 1.54) is 19.4 Å². The van der Waals surface area contributed by atoms with Crippen molar-refractivity contribution < 1.29 is 0 Å². The van der Waals surface area contributed by atoms with Crippen LogP contribution in [0, 0.1) is 5.92 Å². The monoisotopic (exact) mass is 252 g/mol. The van der Waals surface area contributed by atoms with Gasteiger partial charge in [-0.3, -0.25) is 4.90 Å². The van der Waals surface area contributed by atoms with Gasteiger partial charge in [0, 0.05) is 17.0 Å². The minimum absolute atomic E-state index is 0.621. The van der Waals surface area contributed by atoms with E-state index in [1.807, 2.05) is 11.3 Å². The van der Waals surface area contributed by atoms with Crippen molar-refractivity contribution in [1.29, 1.82) is 0 Å². The Morgan fingerprint density at radius 1 is 1.53 bits per heavy atom. The van der Waals surface area contributed by atoms with E-state index in [1.54, 1.807) is 4.88 Å². The van der Waals surface area contributed by atoms with Crippen LogP contribution in [0.4, 0.5) is 0 Å². The third kappa shape index (κ3) is 2.90. The van der Waals surface area contributed by atoms with Gasteiger partial charge in [-0.05, 0) is 64.2 Å². The van der Waals surface area contributed by atoms with E-state index in [4.69, 9.17) is 0 Å². The largest absolute Gasteiger partial charge is 0.319 e. The molecular formula is C14H24N2S. The molecule has 1 fully saturated rings. The number of likely N-dealkylation sites (tertiary alicyclic amines) is 1. The number of nitrogens with one attached hydrogen (secondary N) is 1. The maximum absolute atomic E-state index is 3.37. The second-order valence-corrected chi connectivity index (χ2v) is 6.23. The summed E-state index contributed by atoms with van der Waals surface area (Å²) in [6, 6.07) is 5.75. The van der Waals surface area contributed by atoms with Crippen molar-refractivity contribution in [2.24, 2.45) is 5.92 Å². The average Bonchev–Trinajstić information content (AvgIpc) is 2.82. The van der Waals surface area contributed by atoms with Crippen molar-refractivity contribution in [2.75, 3.05) is 20.1 Å². The molecule has 2 unspecified atom stereocenters. The van der Waals surface area contributed by atoms with Gasteiger partial charge in [0.2, 0.25) is 0 Å². The van der Waals surface area contributed by atoms with Crippen LogP contribution in [0.2, 0.25) is 0 Å². The summed E-state index contributed by atoms with van der Waals surface area (Å²) >= 11 is 1.91. The van der Waals surface area contributed by atoms with Crippen LogP contribution in [0.15, 0.2) is 17.5 Å². The summed E-state index contributed by atoms with van der Waals surface area (Å²) < 4.78 is 0. The summed E-state index contributed by atoms with van der Waals surface area (Å²) in [5, 5.41) is 5.57. The molecule has 2 rings (SSSR count). The molecule has 1 aliphatic heterocycles. The zero-order chi connectivity index (χ0) is 12.3. The first-order valence-corrected chi connectivity index (χ1v) is 7.55. The molecule has 1 saturated heterocycles. The van der Waals surface area contributed by atoms with E-state index in [2.05, 4.69) is 48.6 Å². The highest BCUT2D eigenvalue weighted by molar-refractivity contribution is 7.10. The molecule has 0 aromatic carbocycles. The zero-order valence-corrected chi connectivity index (χ0v) is 12.0. The number of thiophene rings is 1. The fourth-order valence-corrected chi connectivity index (χ4v) is 3.95. The van der Waals surface area contributed by atoms with Crippen molar-refractivity contribution in [3.05, 3.63) is 22.4 Å². The molecule has 2 heterocycles. The Morgan fingerprint density at radius 3 is 2.94 bits per heavy atom. The maximum Gasteiger partial charge on any atom is 0.0484 e. The Balaban J connectivity index is 2.22. The molecule has 1 aromatic heterocycles. The Hall–Kier alpha value is -0.380. The molecule has 1 aliphatic rings. The molecule has 17 heavy (non-hydrogen) atoms. The molecule has 0 spiro atoms. The summed E-state index contributed by atoms with van der Waals surface area (Å²) in [6.07, 6.45) is 2.69. The van der Waals surface area contributed by atoms with Gasteiger partial charge in [0.15, 0.2) is 0 Å². The molecule has 0 saturated carbocycles. The number of hydrogen-bond donors (Lipinski definition) is 1. The standard InChI is InChI=1S/C14H24N2S/c1-11(2)16-8-4-6-12(10-15-3)14(16)13-7-5-9-17-13/h5,7,9,11-12,14-15H,4,6,8,10H2,1-3H3. The molecule has 0 radical (unpaired) electrons. The van der Waals surface area contributed by atoms with Crippen LogP contribution in [-0.4, -0.2) is 31.1 Å². The van der Waals surface area contributed by atoms with Gasteiger partial charge in [-0.15, -0.1) is 11.3 Å². The first kappa shape index (κ1) is 13.1. The van der Waals surface area contributed by atoms with E-state index >= 15 is 0 Å². The number of piperidine rings is 1. The second-order valence-electron chi connectivity index (χ2n) is 5.25. The van der Waals surface area contributed by atoms with Crippen molar-refractivity contribution in [3.8, 4) is 0 Å². The quantitative estimate of drug-likeness (QED) is 0.885. The number of hydrogen-bond acceptors (Lipinski definition) is 3. The van der Waals surface area contributed by atoms with Gasteiger partial charge in [-0.25, -0.2) is 0 Å². The Kier molecular flexibility index (Phi) is 4.60. The molecule has 2 nitrogen and oxygen atoms in total. The number of nitrogens with zero attached hydrogens (tertiary/aromatic N) is 1. The lowest BCUT2D eigenvalue weighted by Gasteiger charge is -2.43. The van der Waals surface area contributed by atoms with Gasteiger partial charge < -0.3 is 5.32 Å². The Labute approximate surface area is 109 Å². The van der Waals surface area contributed by atoms with Crippen LogP contribution < -0.4 is 5.32 Å². The maximum atomic E-state index is 3.37. The van der Waals surface area contributed by atoms with Gasteiger partial charge in [0.1, 0.15) is 0 Å². The molecule has 2 atom stereocenters. The van der Waals surface area contributed by atoms with E-state index < -0.39 is 0 Å². The normalized spacial score (nSPS) is 26.6. The van der Waals surface area contributed by atoms with Gasteiger partial charge >= 0.3 is 0 Å². The average molecular weight is 252 g/mol. The highest BCUT2D eigenvalue weighted by Gasteiger charge is 2.33. The lowest BCUT2D eigenvalue weighted by molar-refractivity contribution is 0.0658. The fourth-order valence-electron chi connectivity index (χ4n) is 3.01. The first-order chi connectivity index (χ1) is 8.24. The van der Waals surface area contributed by atoms with Gasteiger partial charge in [-0.1, -0.05) is 6.07 Å². The van der Waals surface area contributed by atoms with Crippen LogP contribution in [0.1, 0.15) is 37.6 Å². The van der Waals surface area contributed by atoms with Crippen molar-refractivity contribution >= 4 is 11.3 Å². The Morgan fingerprint density at radius 2 is 2.35 bits per heavy atom. The van der Waals surface area contributed by atoms with E-state index in [0.717, 1.165) is 12.5 Å². The minimum Gasteiger partial charge on any atom is -0.319 e. The van der Waals surface area contributed by atoms with E-state index in [-0.39, 0.29) is 0 Å². The number of rotatable bonds is 4. The summed E-state index contributed by atoms with van der Waals surface area (Å²) in [7, 11) is 2.07. The molecule has 0 amide bonds. The molecule has 1 aromatic rings. The SMILES string of the molecule is CNCC1CCCN(C(C)C)C1c1cccs1. The van der Waals surface area contributed by atoms with Gasteiger partial charge in [0.05, 0.1) is 0 Å². The molecule has 3 heteroatoms. The van der Waals surface area contributed by atoms with Crippen molar-refractivity contribution in [3.63, 3.8) is 0 Å².